The van der Waals surface area contributed by atoms with Gasteiger partial charge in [0.1, 0.15) is 23.5 Å². The van der Waals surface area contributed by atoms with Crippen LogP contribution in [0.1, 0.15) is 45.9 Å². The Labute approximate surface area is 150 Å². The minimum absolute atomic E-state index is 0.269. The highest BCUT2D eigenvalue weighted by Crippen LogP contribution is 2.30. The second kappa shape index (κ2) is 8.75. The van der Waals surface area contributed by atoms with Gasteiger partial charge >= 0.3 is 12.3 Å². The van der Waals surface area contributed by atoms with E-state index in [0.717, 1.165) is 18.3 Å². The largest absolute Gasteiger partial charge is 0.443 e. The van der Waals surface area contributed by atoms with Crippen LogP contribution in [0.25, 0.3) is 0 Å². The maximum absolute atomic E-state index is 12.5. The van der Waals surface area contributed by atoms with Crippen LogP contribution in [-0.2, 0) is 21.5 Å². The number of hydrogen-bond acceptors (Lipinski definition) is 5. The van der Waals surface area contributed by atoms with Crippen molar-refractivity contribution in [3.63, 3.8) is 0 Å². The van der Waals surface area contributed by atoms with Gasteiger partial charge in [-0.2, -0.15) is 13.2 Å². The number of rotatable bonds is 2. The number of nitrogens with zero attached hydrogens (tertiary/aromatic N) is 2. The van der Waals surface area contributed by atoms with E-state index in [2.05, 4.69) is 4.98 Å². The quantitative estimate of drug-likeness (QED) is 0.541. The predicted octanol–water partition coefficient (Wildman–Crippen LogP) is 4.87. The number of halogens is 3. The molecule has 2 rings (SSSR count). The molecule has 1 amide bonds. The van der Waals surface area contributed by atoms with Crippen molar-refractivity contribution in [3.8, 4) is 0 Å². The van der Waals surface area contributed by atoms with E-state index in [0.29, 0.717) is 12.0 Å². The third-order valence-electron chi connectivity index (χ3n) is 2.89. The zero-order valence-corrected chi connectivity index (χ0v) is 15.7. The molecule has 1 aliphatic heterocycles. The first-order valence-corrected chi connectivity index (χ1v) is 8.60. The summed E-state index contributed by atoms with van der Waals surface area (Å²) in [6.07, 6.45) is -3.51. The lowest BCUT2D eigenvalue weighted by Crippen LogP contribution is -2.38. The molecule has 142 valence electrons. The van der Waals surface area contributed by atoms with Gasteiger partial charge in [-0.3, -0.25) is 9.17 Å². The van der Waals surface area contributed by atoms with Gasteiger partial charge in [-0.15, -0.1) is 0 Å². The van der Waals surface area contributed by atoms with Crippen molar-refractivity contribution < 1.29 is 26.9 Å². The van der Waals surface area contributed by atoms with E-state index in [1.807, 2.05) is 13.8 Å². The molecule has 1 aromatic heterocycles. The number of hydrogen-bond donors (Lipinski definition) is 0. The first-order chi connectivity index (χ1) is 11.6. The monoisotopic (exact) mass is 380 g/mol. The van der Waals surface area contributed by atoms with Crippen LogP contribution in [0.2, 0.25) is 0 Å². The van der Waals surface area contributed by atoms with Crippen LogP contribution in [0.15, 0.2) is 18.3 Å². The molecule has 1 saturated heterocycles. The average Bonchev–Trinajstić information content (AvgIpc) is 2.95. The highest BCUT2D eigenvalue weighted by atomic mass is 32.2. The highest BCUT2D eigenvalue weighted by Gasteiger charge is 2.35. The summed E-state index contributed by atoms with van der Waals surface area (Å²) in [4.78, 5) is 15.5. The summed E-state index contributed by atoms with van der Waals surface area (Å²) in [5.41, 5.74) is -0.995. The maximum Gasteiger partial charge on any atom is 0.433 e. The predicted molar refractivity (Wildman–Crippen MR) is 89.7 cm³/mol. The first kappa shape index (κ1) is 21.6. The van der Waals surface area contributed by atoms with Gasteiger partial charge < -0.3 is 4.74 Å². The second-order valence-corrected chi connectivity index (χ2v) is 6.85. The van der Waals surface area contributed by atoms with Crippen LogP contribution < -0.4 is 0 Å². The van der Waals surface area contributed by atoms with E-state index in [-0.39, 0.29) is 12.6 Å². The number of aromatic nitrogens is 1. The Morgan fingerprint density at radius 2 is 2.00 bits per heavy atom. The second-order valence-electron chi connectivity index (χ2n) is 6.07. The van der Waals surface area contributed by atoms with Gasteiger partial charge in [0.05, 0.1) is 12.6 Å². The van der Waals surface area contributed by atoms with E-state index in [4.69, 9.17) is 8.92 Å². The van der Waals surface area contributed by atoms with Gasteiger partial charge in [0.2, 0.25) is 0 Å². The number of alkyl halides is 3. The molecular weight excluding hydrogens is 357 g/mol. The third-order valence-corrected chi connectivity index (χ3v) is 3.73. The van der Waals surface area contributed by atoms with Crippen LogP contribution in [0.5, 0.6) is 0 Å². The van der Waals surface area contributed by atoms with Crippen molar-refractivity contribution in [1.82, 2.24) is 9.29 Å². The topological polar surface area (TPSA) is 51.7 Å². The summed E-state index contributed by atoms with van der Waals surface area (Å²) in [6, 6.07) is 1.95. The summed E-state index contributed by atoms with van der Waals surface area (Å²) in [7, 11) is 0. The zero-order valence-electron chi connectivity index (χ0n) is 14.9. The van der Waals surface area contributed by atoms with Crippen molar-refractivity contribution in [3.05, 3.63) is 29.6 Å². The number of carbonyl (C=O) groups excluding carboxylic acids is 1. The highest BCUT2D eigenvalue weighted by molar-refractivity contribution is 7.93. The maximum atomic E-state index is 12.5. The minimum Gasteiger partial charge on any atom is -0.443 e. The van der Waals surface area contributed by atoms with Crippen molar-refractivity contribution >= 4 is 18.3 Å². The lowest BCUT2D eigenvalue weighted by Gasteiger charge is -2.25. The Morgan fingerprint density at radius 3 is 2.48 bits per heavy atom. The van der Waals surface area contributed by atoms with Gasteiger partial charge in [0, 0.05) is 6.20 Å². The molecule has 0 N–H and O–H groups in total. The lowest BCUT2D eigenvalue weighted by molar-refractivity contribution is -0.141. The molecule has 0 saturated carbocycles. The molecule has 25 heavy (non-hydrogen) atoms. The molecule has 2 heterocycles. The van der Waals surface area contributed by atoms with Crippen LogP contribution in [0.4, 0.5) is 18.0 Å². The fourth-order valence-electron chi connectivity index (χ4n) is 1.91. The standard InChI is InChI=1S/C14H17F3N2O3S.C2H6/c1-13(2,3)22-12(20)19-10(8-21-23-19)6-9-4-5-11(18-7-9)14(15,16)17;1-2/h4-5,7,10H,6,8H2,1-3H3;1-2H3/t10-;/m0./s1. The Bertz CT molecular complexity index is 559. The van der Waals surface area contributed by atoms with E-state index in [1.165, 1.54) is 16.6 Å². The smallest absolute Gasteiger partial charge is 0.433 e. The van der Waals surface area contributed by atoms with Crippen molar-refractivity contribution in [2.75, 3.05) is 6.61 Å². The minimum atomic E-state index is -4.46. The molecule has 1 fully saturated rings. The van der Waals surface area contributed by atoms with Crippen molar-refractivity contribution in [1.29, 1.82) is 0 Å². The molecule has 0 spiro atoms. The van der Waals surface area contributed by atoms with Gasteiger partial charge in [0.15, 0.2) is 0 Å². The molecule has 0 aliphatic carbocycles. The molecule has 0 aromatic carbocycles. The van der Waals surface area contributed by atoms with Gasteiger partial charge in [-0.25, -0.2) is 9.10 Å². The van der Waals surface area contributed by atoms with Gasteiger partial charge in [-0.05, 0) is 38.8 Å². The van der Waals surface area contributed by atoms with Crippen LogP contribution >= 0.6 is 12.2 Å². The van der Waals surface area contributed by atoms with Gasteiger partial charge in [0.25, 0.3) is 0 Å². The van der Waals surface area contributed by atoms with Crippen molar-refractivity contribution in [2.45, 2.75) is 58.9 Å². The van der Waals surface area contributed by atoms with E-state index in [1.54, 1.807) is 20.8 Å². The summed E-state index contributed by atoms with van der Waals surface area (Å²) in [5, 5.41) is 0. The number of pyridine rings is 1. The van der Waals surface area contributed by atoms with Crippen LogP contribution in [0.3, 0.4) is 0 Å². The molecule has 1 aromatic rings. The molecule has 0 unspecified atom stereocenters. The third kappa shape index (κ3) is 6.74. The first-order valence-electron chi connectivity index (χ1n) is 7.90. The number of amides is 1. The lowest BCUT2D eigenvalue weighted by atomic mass is 10.1. The molecule has 0 radical (unpaired) electrons. The zero-order chi connectivity index (χ0) is 19.3. The average molecular weight is 380 g/mol. The fraction of sp³-hybridized carbons (Fsp3) is 0.625. The van der Waals surface area contributed by atoms with E-state index >= 15 is 0 Å². The summed E-state index contributed by atoms with van der Waals surface area (Å²) in [6.45, 7) is 9.52. The number of ether oxygens (including phenoxy) is 1. The fourth-order valence-corrected chi connectivity index (χ4v) is 2.59. The summed E-state index contributed by atoms with van der Waals surface area (Å²) < 4.78 is 49.3. The van der Waals surface area contributed by atoms with Crippen LogP contribution in [0, 0.1) is 0 Å². The molecule has 5 nitrogen and oxygen atoms in total. The summed E-state index contributed by atoms with van der Waals surface area (Å²) in [5.74, 6) is 0. The molecule has 1 atom stereocenters. The molecule has 9 heteroatoms. The van der Waals surface area contributed by atoms with Crippen molar-refractivity contribution in [2.24, 2.45) is 0 Å². The van der Waals surface area contributed by atoms with E-state index in [9.17, 15) is 18.0 Å². The molecule has 1 aliphatic rings. The molecular formula is C16H23F3N2O3S. The Kier molecular flexibility index (Phi) is 7.55. The summed E-state index contributed by atoms with van der Waals surface area (Å²) >= 11 is 0.884. The van der Waals surface area contributed by atoms with Crippen LogP contribution in [-0.4, -0.2) is 33.6 Å². The SMILES string of the molecule is CC.CC(C)(C)OC(=O)N1SOC[C@@H]1Cc1ccc(C(F)(F)F)nc1. The Hall–Kier alpha value is -1.48. The molecule has 0 bridgehead atoms. The Balaban J connectivity index is 0.00000151. The normalized spacial score (nSPS) is 17.8. The van der Waals surface area contributed by atoms with E-state index < -0.39 is 23.6 Å². The number of carbonyl (C=O) groups is 1. The van der Waals surface area contributed by atoms with Gasteiger partial charge in [-0.1, -0.05) is 19.9 Å². The Morgan fingerprint density at radius 1 is 1.36 bits per heavy atom.